The van der Waals surface area contributed by atoms with Crippen LogP contribution in [0.4, 0.5) is 21.5 Å². The van der Waals surface area contributed by atoms with Gasteiger partial charge in [-0.1, -0.05) is 0 Å². The van der Waals surface area contributed by atoms with E-state index in [9.17, 15) is 14.0 Å². The van der Waals surface area contributed by atoms with Gasteiger partial charge in [0, 0.05) is 20.2 Å². The summed E-state index contributed by atoms with van der Waals surface area (Å²) in [6.07, 6.45) is 0.279. The molecule has 1 rings (SSSR count). The predicted octanol–water partition coefficient (Wildman–Crippen LogP) is 1.74. The summed E-state index contributed by atoms with van der Waals surface area (Å²) in [6.45, 7) is 1.73. The highest BCUT2D eigenvalue weighted by molar-refractivity contribution is 6.58. The van der Waals surface area contributed by atoms with E-state index in [0.717, 1.165) is 6.07 Å². The van der Waals surface area contributed by atoms with Crippen LogP contribution in [0.5, 0.6) is 0 Å². The van der Waals surface area contributed by atoms with Crippen molar-refractivity contribution in [2.24, 2.45) is 4.99 Å². The number of benzene rings is 1. The summed E-state index contributed by atoms with van der Waals surface area (Å²) < 4.78 is 18.2. The maximum absolute atomic E-state index is 13.5. The van der Waals surface area contributed by atoms with E-state index in [0.29, 0.717) is 11.4 Å². The van der Waals surface area contributed by atoms with Crippen LogP contribution in [0.15, 0.2) is 17.1 Å². The number of ether oxygens (including phenoxy) is 1. The highest BCUT2D eigenvalue weighted by Crippen LogP contribution is 2.33. The zero-order valence-electron chi connectivity index (χ0n) is 11.5. The summed E-state index contributed by atoms with van der Waals surface area (Å²) in [7, 11) is 3.24. The van der Waals surface area contributed by atoms with Crippen LogP contribution in [-0.4, -0.2) is 38.7 Å². The van der Waals surface area contributed by atoms with Crippen LogP contribution >= 0.6 is 0 Å². The molecule has 2 N–H and O–H groups in total. The van der Waals surface area contributed by atoms with Gasteiger partial charge in [-0.05, 0) is 13.0 Å². The smallest absolute Gasteiger partial charge is 0.360 e. The van der Waals surface area contributed by atoms with E-state index in [-0.39, 0.29) is 18.6 Å². The second-order valence-corrected chi connectivity index (χ2v) is 3.68. The summed E-state index contributed by atoms with van der Waals surface area (Å²) in [5.74, 6) is -1.39. The number of esters is 1. The van der Waals surface area contributed by atoms with E-state index in [1.807, 2.05) is 0 Å². The molecule has 0 aliphatic carbocycles. The number of hydrogen-bond acceptors (Lipinski definition) is 6. The van der Waals surface area contributed by atoms with Gasteiger partial charge >= 0.3 is 5.97 Å². The Morgan fingerprint density at radius 1 is 1.40 bits per heavy atom. The van der Waals surface area contributed by atoms with Gasteiger partial charge in [0.05, 0.1) is 23.7 Å². The number of rotatable bonds is 6. The van der Waals surface area contributed by atoms with Gasteiger partial charge in [-0.25, -0.2) is 14.2 Å². The fraction of sp³-hybridized carbons (Fsp3) is 0.308. The molecule has 0 saturated carbocycles. The molecule has 0 unspecified atom stereocenters. The van der Waals surface area contributed by atoms with Gasteiger partial charge < -0.3 is 15.4 Å². The van der Waals surface area contributed by atoms with Crippen molar-refractivity contribution in [2.75, 3.05) is 31.3 Å². The third kappa shape index (κ3) is 3.53. The van der Waals surface area contributed by atoms with Crippen LogP contribution in [0.25, 0.3) is 0 Å². The van der Waals surface area contributed by atoms with Gasteiger partial charge in [0.15, 0.2) is 12.0 Å². The largest absolute Gasteiger partial charge is 0.461 e. The Bertz CT molecular complexity index is 544. The minimum absolute atomic E-state index is 0.121. The summed E-state index contributed by atoms with van der Waals surface area (Å²) in [5, 5.41) is 5.64. The maximum Gasteiger partial charge on any atom is 0.360 e. The van der Waals surface area contributed by atoms with Crippen molar-refractivity contribution in [3.8, 4) is 0 Å². The lowest BCUT2D eigenvalue weighted by Crippen LogP contribution is -2.18. The van der Waals surface area contributed by atoms with E-state index < -0.39 is 17.5 Å². The number of aldehydes is 1. The van der Waals surface area contributed by atoms with Crippen LogP contribution in [0.3, 0.4) is 0 Å². The van der Waals surface area contributed by atoms with Gasteiger partial charge in [0.2, 0.25) is 0 Å². The van der Waals surface area contributed by atoms with Crippen LogP contribution in [0.2, 0.25) is 0 Å². The third-order valence-corrected chi connectivity index (χ3v) is 2.44. The predicted molar refractivity (Wildman–Crippen MR) is 75.3 cm³/mol. The zero-order chi connectivity index (χ0) is 15.1. The molecule has 1 aromatic rings. The lowest BCUT2D eigenvalue weighted by molar-refractivity contribution is -0.135. The van der Waals surface area contributed by atoms with Gasteiger partial charge in [0.1, 0.15) is 5.82 Å². The number of halogens is 1. The van der Waals surface area contributed by atoms with Crippen LogP contribution < -0.4 is 10.6 Å². The molecule has 20 heavy (non-hydrogen) atoms. The average Bonchev–Trinajstić information content (AvgIpc) is 2.44. The van der Waals surface area contributed by atoms with Crippen molar-refractivity contribution in [1.29, 1.82) is 0 Å². The first-order chi connectivity index (χ1) is 9.57. The second-order valence-electron chi connectivity index (χ2n) is 3.68. The molecule has 0 saturated heterocycles. The molecule has 0 fully saturated rings. The minimum atomic E-state index is -0.847. The van der Waals surface area contributed by atoms with E-state index in [1.54, 1.807) is 21.0 Å². The number of aliphatic imine (C=N–C) groups is 1. The van der Waals surface area contributed by atoms with Crippen LogP contribution in [-0.2, 0) is 14.3 Å². The molecule has 0 heterocycles. The Kier molecular flexibility index (Phi) is 5.64. The van der Waals surface area contributed by atoms with Gasteiger partial charge in [-0.15, -0.1) is 0 Å². The lowest BCUT2D eigenvalue weighted by atomic mass is 10.2. The average molecular weight is 281 g/mol. The minimum Gasteiger partial charge on any atom is -0.461 e. The van der Waals surface area contributed by atoms with Crippen molar-refractivity contribution in [3.05, 3.63) is 17.9 Å². The molecule has 0 amide bonds. The van der Waals surface area contributed by atoms with Crippen molar-refractivity contribution in [1.82, 2.24) is 0 Å². The number of nitrogens with zero attached hydrogens (tertiary/aromatic N) is 1. The first-order valence-corrected chi connectivity index (χ1v) is 5.97. The number of carbonyl (C=O) groups excluding carboxylic acids is 2. The molecular weight excluding hydrogens is 265 g/mol. The van der Waals surface area contributed by atoms with Gasteiger partial charge in [-0.3, -0.25) is 4.79 Å². The summed E-state index contributed by atoms with van der Waals surface area (Å²) >= 11 is 0. The molecule has 0 atom stereocenters. The van der Waals surface area contributed by atoms with Crippen molar-refractivity contribution in [2.45, 2.75) is 6.92 Å². The molecule has 0 bridgehead atoms. The molecule has 1 aromatic carbocycles. The third-order valence-electron chi connectivity index (χ3n) is 2.44. The van der Waals surface area contributed by atoms with Gasteiger partial charge in [-0.2, -0.15) is 0 Å². The topological polar surface area (TPSA) is 79.8 Å². The molecule has 0 aromatic heterocycles. The highest BCUT2D eigenvalue weighted by Gasteiger charge is 2.15. The van der Waals surface area contributed by atoms with Crippen LogP contribution in [0, 0.1) is 5.82 Å². The van der Waals surface area contributed by atoms with Crippen LogP contribution in [0.1, 0.15) is 6.92 Å². The fourth-order valence-electron chi connectivity index (χ4n) is 1.60. The summed E-state index contributed by atoms with van der Waals surface area (Å²) in [4.78, 5) is 26.3. The fourth-order valence-corrected chi connectivity index (χ4v) is 1.60. The van der Waals surface area contributed by atoms with Gasteiger partial charge in [0.25, 0.3) is 0 Å². The normalized spacial score (nSPS) is 10.9. The summed E-state index contributed by atoms with van der Waals surface area (Å²) in [6, 6.07) is 2.39. The van der Waals surface area contributed by atoms with Crippen molar-refractivity contribution in [3.63, 3.8) is 0 Å². The molecule has 0 radical (unpaired) electrons. The molecule has 0 aliphatic heterocycles. The van der Waals surface area contributed by atoms with E-state index in [2.05, 4.69) is 15.6 Å². The first-order valence-electron chi connectivity index (χ1n) is 5.97. The Morgan fingerprint density at radius 2 is 2.10 bits per heavy atom. The van der Waals surface area contributed by atoms with Crippen molar-refractivity contribution < 1.29 is 18.7 Å². The molecule has 0 aliphatic rings. The molecule has 0 spiro atoms. The highest BCUT2D eigenvalue weighted by atomic mass is 19.1. The number of hydrogen-bond donors (Lipinski definition) is 2. The Morgan fingerprint density at radius 3 is 2.60 bits per heavy atom. The summed E-state index contributed by atoms with van der Waals surface area (Å²) in [5.41, 5.74) is 0.640. The Balaban J connectivity index is 3.33. The number of carbonyl (C=O) groups is 2. The van der Waals surface area contributed by atoms with E-state index >= 15 is 0 Å². The monoisotopic (exact) mass is 281 g/mol. The van der Waals surface area contributed by atoms with E-state index in [1.165, 1.54) is 6.07 Å². The van der Waals surface area contributed by atoms with E-state index in [4.69, 9.17) is 4.74 Å². The molecule has 108 valence electrons. The van der Waals surface area contributed by atoms with Crippen molar-refractivity contribution >= 4 is 35.0 Å². The number of nitrogens with one attached hydrogen (secondary N) is 2. The zero-order valence-corrected chi connectivity index (χ0v) is 11.5. The molecule has 6 nitrogen and oxygen atoms in total. The Hall–Kier alpha value is -2.44. The maximum atomic E-state index is 13.5. The number of anilines is 2. The Labute approximate surface area is 116 Å². The first kappa shape index (κ1) is 15.6. The standard InChI is InChI=1S/C13H16FN3O3/c1-4-20-13(19)11(7-18)17-10-6-8(14)5-9(15-2)12(10)16-3/h5-7,15-16H,4H2,1-3H3/b17-11+. The lowest BCUT2D eigenvalue weighted by Gasteiger charge is -2.12. The second kappa shape index (κ2) is 7.22. The SMILES string of the molecule is CCOC(=O)/C(C=O)=N/c1cc(F)cc(NC)c1NC. The quantitative estimate of drug-likeness (QED) is 0.359. The molecular formula is C13H16FN3O3. The molecule has 7 heteroatoms.